The average Bonchev–Trinajstić information content (AvgIpc) is 2.68. The number of nitrogens with zero attached hydrogens (tertiary/aromatic N) is 1. The fraction of sp³-hybridized carbons (Fsp3) is 0.600. The topological polar surface area (TPSA) is 70.7 Å². The summed E-state index contributed by atoms with van der Waals surface area (Å²) in [6.45, 7) is 7.91. The number of anilines is 2. The molecule has 1 aromatic carbocycles. The van der Waals surface area contributed by atoms with Gasteiger partial charge in [-0.25, -0.2) is 0 Å². The van der Waals surface area contributed by atoms with Crippen LogP contribution in [0.2, 0.25) is 0 Å². The van der Waals surface area contributed by atoms with Gasteiger partial charge in [-0.15, -0.1) is 11.6 Å². The number of carbonyl (C=O) groups excluding carboxylic acids is 2. The number of benzene rings is 1. The van der Waals surface area contributed by atoms with E-state index in [1.807, 2.05) is 19.1 Å². The van der Waals surface area contributed by atoms with E-state index in [1.165, 1.54) is 0 Å². The number of piperidine rings is 1. The highest BCUT2D eigenvalue weighted by Gasteiger charge is 2.21. The fourth-order valence-electron chi connectivity index (χ4n) is 3.13. The summed E-state index contributed by atoms with van der Waals surface area (Å²) in [5.74, 6) is 0.158. The molecule has 0 aliphatic carbocycles. The van der Waals surface area contributed by atoms with Gasteiger partial charge in [-0.1, -0.05) is 6.92 Å². The minimum Gasteiger partial charge on any atom is -0.382 e. The van der Waals surface area contributed by atoms with E-state index in [2.05, 4.69) is 22.5 Å². The minimum atomic E-state index is -0.292. The van der Waals surface area contributed by atoms with Crippen molar-refractivity contribution in [3.8, 4) is 0 Å². The number of amides is 2. The van der Waals surface area contributed by atoms with Gasteiger partial charge in [0.15, 0.2) is 0 Å². The first-order valence-corrected chi connectivity index (χ1v) is 10.2. The summed E-state index contributed by atoms with van der Waals surface area (Å²) >= 11 is 5.57. The third kappa shape index (κ3) is 6.70. The lowest BCUT2D eigenvalue weighted by Gasteiger charge is -2.33. The van der Waals surface area contributed by atoms with Crippen LogP contribution < -0.4 is 15.5 Å². The highest BCUT2D eigenvalue weighted by molar-refractivity contribution is 6.29. The Labute approximate surface area is 166 Å². The van der Waals surface area contributed by atoms with Crippen molar-refractivity contribution < 1.29 is 14.3 Å². The third-order valence-electron chi connectivity index (χ3n) is 4.73. The lowest BCUT2D eigenvalue weighted by atomic mass is 9.97. The average molecular weight is 396 g/mol. The zero-order chi connectivity index (χ0) is 19.6. The van der Waals surface area contributed by atoms with E-state index in [-0.39, 0.29) is 17.7 Å². The van der Waals surface area contributed by atoms with Crippen LogP contribution >= 0.6 is 11.6 Å². The van der Waals surface area contributed by atoms with Gasteiger partial charge in [0.2, 0.25) is 5.91 Å². The summed E-state index contributed by atoms with van der Waals surface area (Å²) < 4.78 is 5.31. The number of hydrogen-bond donors (Lipinski definition) is 2. The Morgan fingerprint density at radius 2 is 2.04 bits per heavy atom. The summed E-state index contributed by atoms with van der Waals surface area (Å²) in [5.41, 5.74) is 2.07. The van der Waals surface area contributed by atoms with Crippen LogP contribution in [0.4, 0.5) is 11.4 Å². The molecule has 27 heavy (non-hydrogen) atoms. The number of carbonyl (C=O) groups is 2. The van der Waals surface area contributed by atoms with Crippen LogP contribution in [0.15, 0.2) is 18.2 Å². The molecule has 2 amide bonds. The third-order valence-corrected chi connectivity index (χ3v) is 4.97. The molecular weight excluding hydrogens is 366 g/mol. The standard InChI is InChI=1S/C20H30ClN3O3/c1-3-27-12-4-9-22-20(26)17-13-16(23-19(25)14-21)5-6-18(17)24-10-7-15(2)8-11-24/h5-6,13,15H,3-4,7-12,14H2,1-2H3,(H,22,26)(H,23,25). The Hall–Kier alpha value is -1.79. The normalized spacial score (nSPS) is 14.9. The smallest absolute Gasteiger partial charge is 0.253 e. The van der Waals surface area contributed by atoms with E-state index in [9.17, 15) is 9.59 Å². The number of ether oxygens (including phenoxy) is 1. The van der Waals surface area contributed by atoms with Crippen molar-refractivity contribution in [3.63, 3.8) is 0 Å². The van der Waals surface area contributed by atoms with Gasteiger partial charge in [-0.05, 0) is 50.3 Å². The summed E-state index contributed by atoms with van der Waals surface area (Å²) in [5, 5.41) is 5.67. The molecule has 0 spiro atoms. The first-order chi connectivity index (χ1) is 13.0. The van der Waals surface area contributed by atoms with Crippen molar-refractivity contribution in [2.75, 3.05) is 48.9 Å². The first kappa shape index (κ1) is 21.5. The van der Waals surface area contributed by atoms with Crippen LogP contribution in [0.25, 0.3) is 0 Å². The second-order valence-corrected chi connectivity index (χ2v) is 7.16. The quantitative estimate of drug-likeness (QED) is 0.497. The molecule has 0 radical (unpaired) electrons. The summed E-state index contributed by atoms with van der Waals surface area (Å²) in [6.07, 6.45) is 2.99. The molecule has 0 unspecified atom stereocenters. The predicted molar refractivity (Wildman–Crippen MR) is 110 cm³/mol. The second kappa shape index (κ2) is 11.1. The Morgan fingerprint density at radius 1 is 1.30 bits per heavy atom. The molecule has 1 heterocycles. The van der Waals surface area contributed by atoms with Gasteiger partial charge in [0.25, 0.3) is 5.91 Å². The van der Waals surface area contributed by atoms with Gasteiger partial charge < -0.3 is 20.3 Å². The van der Waals surface area contributed by atoms with Gasteiger partial charge in [0.1, 0.15) is 5.88 Å². The number of rotatable bonds is 9. The second-order valence-electron chi connectivity index (χ2n) is 6.89. The highest BCUT2D eigenvalue weighted by Crippen LogP contribution is 2.28. The van der Waals surface area contributed by atoms with Crippen LogP contribution in [0.1, 0.15) is 43.5 Å². The summed E-state index contributed by atoms with van der Waals surface area (Å²) in [7, 11) is 0. The SMILES string of the molecule is CCOCCCNC(=O)c1cc(NC(=O)CCl)ccc1N1CCC(C)CC1. The summed E-state index contributed by atoms with van der Waals surface area (Å²) in [6, 6.07) is 5.47. The van der Waals surface area contributed by atoms with Crippen LogP contribution in [0, 0.1) is 5.92 Å². The first-order valence-electron chi connectivity index (χ1n) is 9.66. The van der Waals surface area contributed by atoms with Crippen LogP contribution in [-0.2, 0) is 9.53 Å². The number of alkyl halides is 1. The van der Waals surface area contributed by atoms with Gasteiger partial charge in [-0.2, -0.15) is 0 Å². The van der Waals surface area contributed by atoms with Crippen molar-refractivity contribution in [3.05, 3.63) is 23.8 Å². The Kier molecular flexibility index (Phi) is 8.88. The monoisotopic (exact) mass is 395 g/mol. The molecule has 2 N–H and O–H groups in total. The van der Waals surface area contributed by atoms with Crippen molar-refractivity contribution >= 4 is 34.8 Å². The molecular formula is C20H30ClN3O3. The minimum absolute atomic E-state index is 0.120. The van der Waals surface area contributed by atoms with E-state index in [1.54, 1.807) is 6.07 Å². The molecule has 1 aliphatic rings. The molecule has 0 bridgehead atoms. The van der Waals surface area contributed by atoms with E-state index in [0.29, 0.717) is 36.9 Å². The van der Waals surface area contributed by atoms with Gasteiger partial charge in [-0.3, -0.25) is 9.59 Å². The lowest BCUT2D eigenvalue weighted by molar-refractivity contribution is -0.113. The van der Waals surface area contributed by atoms with Crippen molar-refractivity contribution in [1.82, 2.24) is 5.32 Å². The van der Waals surface area contributed by atoms with Crippen molar-refractivity contribution in [2.24, 2.45) is 5.92 Å². The molecule has 1 aliphatic heterocycles. The Balaban J connectivity index is 2.14. The largest absolute Gasteiger partial charge is 0.382 e. The van der Waals surface area contributed by atoms with Gasteiger partial charge in [0.05, 0.1) is 5.56 Å². The van der Waals surface area contributed by atoms with Crippen molar-refractivity contribution in [2.45, 2.75) is 33.1 Å². The molecule has 7 heteroatoms. The molecule has 0 atom stereocenters. The number of hydrogen-bond acceptors (Lipinski definition) is 4. The van der Waals surface area contributed by atoms with E-state index in [0.717, 1.165) is 38.0 Å². The van der Waals surface area contributed by atoms with E-state index >= 15 is 0 Å². The lowest BCUT2D eigenvalue weighted by Crippen LogP contribution is -2.35. The highest BCUT2D eigenvalue weighted by atomic mass is 35.5. The Bertz CT molecular complexity index is 631. The van der Waals surface area contributed by atoms with E-state index in [4.69, 9.17) is 16.3 Å². The molecule has 2 rings (SSSR count). The molecule has 1 aromatic rings. The predicted octanol–water partition coefficient (Wildman–Crippen LogP) is 3.26. The molecule has 0 aromatic heterocycles. The maximum absolute atomic E-state index is 12.8. The summed E-state index contributed by atoms with van der Waals surface area (Å²) in [4.78, 5) is 26.6. The maximum atomic E-state index is 12.8. The van der Waals surface area contributed by atoms with Crippen LogP contribution in [0.5, 0.6) is 0 Å². The Morgan fingerprint density at radius 3 is 2.70 bits per heavy atom. The van der Waals surface area contributed by atoms with Gasteiger partial charge in [0, 0.05) is 44.2 Å². The van der Waals surface area contributed by atoms with Gasteiger partial charge >= 0.3 is 0 Å². The molecule has 0 saturated carbocycles. The molecule has 1 saturated heterocycles. The number of nitrogens with one attached hydrogen (secondary N) is 2. The zero-order valence-corrected chi connectivity index (χ0v) is 17.0. The van der Waals surface area contributed by atoms with Crippen molar-refractivity contribution in [1.29, 1.82) is 0 Å². The molecule has 6 nitrogen and oxygen atoms in total. The van der Waals surface area contributed by atoms with Crippen LogP contribution in [0.3, 0.4) is 0 Å². The van der Waals surface area contributed by atoms with Crippen LogP contribution in [-0.4, -0.2) is 50.5 Å². The maximum Gasteiger partial charge on any atom is 0.253 e. The fourth-order valence-corrected chi connectivity index (χ4v) is 3.20. The number of halogens is 1. The van der Waals surface area contributed by atoms with E-state index < -0.39 is 0 Å². The zero-order valence-electron chi connectivity index (χ0n) is 16.2. The molecule has 1 fully saturated rings. The molecule has 150 valence electrons.